The normalized spacial score (nSPS) is 11.7. The molecule has 6 nitrogen and oxygen atoms in total. The summed E-state index contributed by atoms with van der Waals surface area (Å²) in [6, 6.07) is 13.4. The Morgan fingerprint density at radius 2 is 2.00 bits per heavy atom. The number of hydrogen-bond donors (Lipinski definition) is 2. The minimum atomic E-state index is -0.110. The van der Waals surface area contributed by atoms with Crippen molar-refractivity contribution < 1.29 is 5.11 Å². The molecule has 0 aliphatic carbocycles. The molecule has 0 saturated heterocycles. The van der Waals surface area contributed by atoms with E-state index in [0.717, 1.165) is 22.3 Å². The van der Waals surface area contributed by atoms with Crippen LogP contribution in [0.2, 0.25) is 0 Å². The number of nitriles is 2. The lowest BCUT2D eigenvalue weighted by Crippen LogP contribution is -1.98. The second kappa shape index (κ2) is 7.30. The number of pyridine rings is 1. The number of benzene rings is 1. The lowest BCUT2D eigenvalue weighted by Gasteiger charge is -2.07. The van der Waals surface area contributed by atoms with E-state index in [4.69, 9.17) is 0 Å². The Labute approximate surface area is 154 Å². The Bertz CT molecular complexity index is 1070. The van der Waals surface area contributed by atoms with Gasteiger partial charge in [-0.2, -0.15) is 10.5 Å². The van der Waals surface area contributed by atoms with E-state index < -0.39 is 0 Å². The molecule has 1 aromatic carbocycles. The molecule has 0 amide bonds. The summed E-state index contributed by atoms with van der Waals surface area (Å²) in [4.78, 5) is 11.8. The minimum absolute atomic E-state index is 0.0802. The van der Waals surface area contributed by atoms with E-state index in [0.29, 0.717) is 16.4 Å². The number of fused-ring (bicyclic) bond motifs is 1. The predicted octanol–water partition coefficient (Wildman–Crippen LogP) is 4.03. The van der Waals surface area contributed by atoms with E-state index in [2.05, 4.69) is 21.0 Å². The maximum Gasteiger partial charge on any atom is 0.152 e. The third-order valence-corrected chi connectivity index (χ3v) is 4.78. The highest BCUT2D eigenvalue weighted by atomic mass is 32.2. The van der Waals surface area contributed by atoms with Crippen molar-refractivity contribution in [2.24, 2.45) is 0 Å². The molecule has 0 bridgehead atoms. The molecule has 0 unspecified atom stereocenters. The molecule has 0 radical (unpaired) electrons. The van der Waals surface area contributed by atoms with E-state index in [9.17, 15) is 15.6 Å². The first kappa shape index (κ1) is 17.5. The smallest absolute Gasteiger partial charge is 0.152 e. The predicted molar refractivity (Wildman–Crippen MR) is 100 cm³/mol. The number of allylic oxidation sites excluding steroid dienone is 1. The standard InChI is InChI=1S/C19H15N5OS/c1-11-7-12(2)22-19(13(11)8-20)26-10-17(25)14(9-21)18-23-15-5-3-4-6-16(15)24-18/h3-7,25H,10H2,1-2H3,(H,23,24). The molecule has 0 aliphatic rings. The van der Waals surface area contributed by atoms with Crippen LogP contribution in [0, 0.1) is 36.5 Å². The molecule has 3 rings (SSSR count). The van der Waals surface area contributed by atoms with Crippen molar-refractivity contribution in [3.05, 3.63) is 58.7 Å². The molecule has 7 heteroatoms. The highest BCUT2D eigenvalue weighted by molar-refractivity contribution is 7.99. The number of para-hydroxylation sites is 2. The Morgan fingerprint density at radius 3 is 2.69 bits per heavy atom. The fourth-order valence-electron chi connectivity index (χ4n) is 2.58. The number of rotatable bonds is 4. The van der Waals surface area contributed by atoms with Crippen LogP contribution in [-0.4, -0.2) is 25.8 Å². The molecule has 2 aromatic heterocycles. The maximum atomic E-state index is 10.4. The van der Waals surface area contributed by atoms with Gasteiger partial charge in [0.2, 0.25) is 0 Å². The first-order chi connectivity index (χ1) is 12.5. The van der Waals surface area contributed by atoms with Crippen LogP contribution in [0.25, 0.3) is 16.6 Å². The van der Waals surface area contributed by atoms with Crippen molar-refractivity contribution in [1.82, 2.24) is 15.0 Å². The van der Waals surface area contributed by atoms with Crippen molar-refractivity contribution >= 4 is 28.4 Å². The van der Waals surface area contributed by atoms with Gasteiger partial charge in [-0.15, -0.1) is 0 Å². The Hall–Kier alpha value is -3.29. The zero-order valence-corrected chi connectivity index (χ0v) is 15.1. The van der Waals surface area contributed by atoms with Crippen LogP contribution in [-0.2, 0) is 0 Å². The third kappa shape index (κ3) is 3.39. The van der Waals surface area contributed by atoms with Gasteiger partial charge in [0.1, 0.15) is 28.5 Å². The number of aromatic amines is 1. The van der Waals surface area contributed by atoms with E-state index in [1.165, 1.54) is 11.8 Å². The van der Waals surface area contributed by atoms with E-state index in [1.54, 1.807) is 0 Å². The summed E-state index contributed by atoms with van der Waals surface area (Å²) in [6.07, 6.45) is 0. The van der Waals surface area contributed by atoms with Gasteiger partial charge in [-0.25, -0.2) is 9.97 Å². The summed E-state index contributed by atoms with van der Waals surface area (Å²) >= 11 is 1.22. The van der Waals surface area contributed by atoms with Crippen LogP contribution in [0.3, 0.4) is 0 Å². The number of H-pyrrole nitrogens is 1. The summed E-state index contributed by atoms with van der Waals surface area (Å²) in [7, 11) is 0. The van der Waals surface area contributed by atoms with Gasteiger partial charge in [0.05, 0.1) is 22.3 Å². The van der Waals surface area contributed by atoms with Gasteiger partial charge in [-0.05, 0) is 37.6 Å². The van der Waals surface area contributed by atoms with Crippen molar-refractivity contribution in [1.29, 1.82) is 10.5 Å². The highest BCUT2D eigenvalue weighted by Gasteiger charge is 2.15. The van der Waals surface area contributed by atoms with Crippen LogP contribution in [0.1, 0.15) is 22.6 Å². The molecule has 0 atom stereocenters. The second-order valence-corrected chi connectivity index (χ2v) is 6.66. The molecule has 0 fully saturated rings. The quantitative estimate of drug-likeness (QED) is 0.412. The summed E-state index contributed by atoms with van der Waals surface area (Å²) < 4.78 is 0. The largest absolute Gasteiger partial charge is 0.510 e. The van der Waals surface area contributed by atoms with E-state index in [1.807, 2.05) is 50.2 Å². The van der Waals surface area contributed by atoms with Gasteiger partial charge in [-0.1, -0.05) is 23.9 Å². The number of aromatic nitrogens is 3. The average molecular weight is 361 g/mol. The number of nitrogens with one attached hydrogen (secondary N) is 1. The third-order valence-electron chi connectivity index (χ3n) is 3.80. The maximum absolute atomic E-state index is 10.4. The minimum Gasteiger partial charge on any atom is -0.510 e. The molecular formula is C19H15N5OS. The number of imidazole rings is 1. The first-order valence-corrected chi connectivity index (χ1v) is 8.80. The Kier molecular flexibility index (Phi) is 4.92. The first-order valence-electron chi connectivity index (χ1n) is 7.82. The van der Waals surface area contributed by atoms with Crippen molar-refractivity contribution in [3.63, 3.8) is 0 Å². The topological polar surface area (TPSA) is 109 Å². The van der Waals surface area contributed by atoms with E-state index >= 15 is 0 Å². The molecular weight excluding hydrogens is 346 g/mol. The monoisotopic (exact) mass is 361 g/mol. The van der Waals surface area contributed by atoms with Gasteiger partial charge < -0.3 is 10.1 Å². The van der Waals surface area contributed by atoms with Crippen LogP contribution in [0.15, 0.2) is 41.1 Å². The lowest BCUT2D eigenvalue weighted by molar-refractivity contribution is 0.420. The van der Waals surface area contributed by atoms with Gasteiger partial charge >= 0.3 is 0 Å². The summed E-state index contributed by atoms with van der Waals surface area (Å²) in [5, 5.41) is 29.7. The zero-order valence-electron chi connectivity index (χ0n) is 14.2. The van der Waals surface area contributed by atoms with Crippen LogP contribution in [0.4, 0.5) is 0 Å². The molecule has 2 N–H and O–H groups in total. The molecule has 0 spiro atoms. The van der Waals surface area contributed by atoms with Gasteiger partial charge in [0, 0.05) is 5.69 Å². The molecule has 128 valence electrons. The molecule has 0 saturated carbocycles. The molecule has 0 aliphatic heterocycles. The van der Waals surface area contributed by atoms with Crippen LogP contribution < -0.4 is 0 Å². The second-order valence-electron chi connectivity index (χ2n) is 5.70. The summed E-state index contributed by atoms with van der Waals surface area (Å²) in [5.74, 6) is 0.326. The fourth-order valence-corrected chi connectivity index (χ4v) is 3.55. The number of aliphatic hydroxyl groups excluding tert-OH is 1. The lowest BCUT2D eigenvalue weighted by atomic mass is 10.1. The molecule has 2 heterocycles. The van der Waals surface area contributed by atoms with Crippen LogP contribution in [0.5, 0.6) is 0 Å². The fraction of sp³-hybridized carbons (Fsp3) is 0.158. The zero-order chi connectivity index (χ0) is 18.7. The Morgan fingerprint density at radius 1 is 1.23 bits per heavy atom. The van der Waals surface area contributed by atoms with Gasteiger partial charge in [0.15, 0.2) is 5.82 Å². The van der Waals surface area contributed by atoms with Crippen molar-refractivity contribution in [3.8, 4) is 12.1 Å². The number of hydrogen-bond acceptors (Lipinski definition) is 6. The number of aryl methyl sites for hydroxylation is 2. The number of thioether (sulfide) groups is 1. The van der Waals surface area contributed by atoms with Crippen molar-refractivity contribution in [2.45, 2.75) is 18.9 Å². The SMILES string of the molecule is Cc1cc(C)c(C#N)c(SCC(O)=C(C#N)c2nc3ccccc3[nH]2)n1. The molecule has 3 aromatic rings. The highest BCUT2D eigenvalue weighted by Crippen LogP contribution is 2.27. The number of nitrogens with zero attached hydrogens (tertiary/aromatic N) is 4. The average Bonchev–Trinajstić information content (AvgIpc) is 3.03. The van der Waals surface area contributed by atoms with Crippen LogP contribution >= 0.6 is 11.8 Å². The molecule has 26 heavy (non-hydrogen) atoms. The van der Waals surface area contributed by atoms with Gasteiger partial charge in [-0.3, -0.25) is 0 Å². The van der Waals surface area contributed by atoms with Gasteiger partial charge in [0.25, 0.3) is 0 Å². The van der Waals surface area contributed by atoms with Crippen molar-refractivity contribution in [2.75, 3.05) is 5.75 Å². The summed E-state index contributed by atoms with van der Waals surface area (Å²) in [6.45, 7) is 3.70. The summed E-state index contributed by atoms with van der Waals surface area (Å²) in [5.41, 5.74) is 3.71. The Balaban J connectivity index is 1.91. The van der Waals surface area contributed by atoms with E-state index in [-0.39, 0.29) is 17.1 Å². The number of aliphatic hydroxyl groups is 1.